The molecule has 0 unspecified atom stereocenters. The number of nitrogens with zero attached hydrogens (tertiary/aromatic N) is 3. The van der Waals surface area contributed by atoms with Crippen LogP contribution in [-0.4, -0.2) is 20.1 Å². The first-order valence-electron chi connectivity index (χ1n) is 6.42. The van der Waals surface area contributed by atoms with E-state index in [1.165, 1.54) is 24.8 Å². The van der Waals surface area contributed by atoms with Crippen molar-refractivity contribution in [3.63, 3.8) is 0 Å². The maximum atomic E-state index is 9.38. The lowest BCUT2D eigenvalue weighted by atomic mass is 9.82. The summed E-state index contributed by atoms with van der Waals surface area (Å²) in [7, 11) is 0. The molecule has 1 N–H and O–H groups in total. The van der Waals surface area contributed by atoms with Gasteiger partial charge in [0.05, 0.1) is 18.0 Å². The normalized spacial score (nSPS) is 15.7. The van der Waals surface area contributed by atoms with E-state index in [1.54, 1.807) is 0 Å². The van der Waals surface area contributed by atoms with Crippen LogP contribution in [0.25, 0.3) is 5.69 Å². The first kappa shape index (κ1) is 11.4. The fourth-order valence-corrected chi connectivity index (χ4v) is 2.40. The third-order valence-corrected chi connectivity index (χ3v) is 3.70. The number of hydrogen-bond acceptors (Lipinski definition) is 3. The minimum atomic E-state index is -0.0301. The second-order valence-electron chi connectivity index (χ2n) is 4.95. The van der Waals surface area contributed by atoms with E-state index in [0.29, 0.717) is 5.92 Å². The van der Waals surface area contributed by atoms with E-state index in [2.05, 4.69) is 29.4 Å². The average Bonchev–Trinajstić information content (AvgIpc) is 2.72. The summed E-state index contributed by atoms with van der Waals surface area (Å²) in [6, 6.07) is 8.24. The Morgan fingerprint density at radius 3 is 2.56 bits per heavy atom. The Kier molecular flexibility index (Phi) is 2.88. The molecule has 1 aliphatic rings. The van der Waals surface area contributed by atoms with Crippen molar-refractivity contribution in [2.24, 2.45) is 0 Å². The third-order valence-electron chi connectivity index (χ3n) is 3.70. The van der Waals surface area contributed by atoms with Gasteiger partial charge in [0.2, 0.25) is 0 Å². The van der Waals surface area contributed by atoms with Crippen LogP contribution in [0, 0.1) is 6.92 Å². The van der Waals surface area contributed by atoms with Crippen molar-refractivity contribution >= 4 is 0 Å². The van der Waals surface area contributed by atoms with E-state index in [-0.39, 0.29) is 6.61 Å². The van der Waals surface area contributed by atoms with Crippen LogP contribution in [0.2, 0.25) is 0 Å². The summed E-state index contributed by atoms with van der Waals surface area (Å²) >= 11 is 0. The largest absolute Gasteiger partial charge is 0.390 e. The van der Waals surface area contributed by atoms with Crippen LogP contribution in [0.5, 0.6) is 0 Å². The lowest BCUT2D eigenvalue weighted by molar-refractivity contribution is 0.272. The topological polar surface area (TPSA) is 50.9 Å². The molecular formula is C14H17N3O. The molecule has 0 bridgehead atoms. The molecule has 0 aliphatic heterocycles. The average molecular weight is 243 g/mol. The Hall–Kier alpha value is -1.68. The van der Waals surface area contributed by atoms with Crippen LogP contribution in [-0.2, 0) is 6.61 Å². The minimum absolute atomic E-state index is 0.0301. The van der Waals surface area contributed by atoms with Crippen LogP contribution in [0.3, 0.4) is 0 Å². The van der Waals surface area contributed by atoms with Gasteiger partial charge in [0.25, 0.3) is 0 Å². The van der Waals surface area contributed by atoms with E-state index in [0.717, 1.165) is 17.1 Å². The SMILES string of the molecule is Cc1ccc(-n2nnc(CO)c2C2CCC2)cc1. The molecule has 1 aromatic carbocycles. The van der Waals surface area contributed by atoms with E-state index in [4.69, 9.17) is 0 Å². The summed E-state index contributed by atoms with van der Waals surface area (Å²) in [4.78, 5) is 0. The van der Waals surface area contributed by atoms with Crippen molar-refractivity contribution < 1.29 is 5.11 Å². The van der Waals surface area contributed by atoms with Crippen LogP contribution in [0.1, 0.15) is 42.1 Å². The Bertz CT molecular complexity index is 541. The zero-order valence-electron chi connectivity index (χ0n) is 10.5. The maximum absolute atomic E-state index is 9.38. The van der Waals surface area contributed by atoms with Gasteiger partial charge in [-0.3, -0.25) is 0 Å². The highest BCUT2D eigenvalue weighted by molar-refractivity contribution is 5.37. The molecule has 0 atom stereocenters. The molecule has 1 heterocycles. The molecule has 1 fully saturated rings. The van der Waals surface area contributed by atoms with E-state index < -0.39 is 0 Å². The van der Waals surface area contributed by atoms with Crippen molar-refractivity contribution in [2.45, 2.75) is 38.7 Å². The fraction of sp³-hybridized carbons (Fsp3) is 0.429. The number of rotatable bonds is 3. The van der Waals surface area contributed by atoms with Crippen molar-refractivity contribution in [2.75, 3.05) is 0 Å². The monoisotopic (exact) mass is 243 g/mol. The standard InChI is InChI=1S/C14H17N3O/c1-10-5-7-12(8-6-10)17-14(11-3-2-4-11)13(9-18)15-16-17/h5-8,11,18H,2-4,9H2,1H3. The summed E-state index contributed by atoms with van der Waals surface area (Å²) in [5.41, 5.74) is 4.06. The van der Waals surface area contributed by atoms with E-state index in [1.807, 2.05) is 16.8 Å². The minimum Gasteiger partial charge on any atom is -0.390 e. The molecule has 0 radical (unpaired) electrons. The van der Waals surface area contributed by atoms with Gasteiger partial charge >= 0.3 is 0 Å². The molecule has 1 aromatic heterocycles. The van der Waals surface area contributed by atoms with Crippen molar-refractivity contribution in [1.82, 2.24) is 15.0 Å². The number of benzene rings is 1. The van der Waals surface area contributed by atoms with Crippen molar-refractivity contribution in [3.8, 4) is 5.69 Å². The molecule has 94 valence electrons. The lowest BCUT2D eigenvalue weighted by Crippen LogP contribution is -2.16. The summed E-state index contributed by atoms with van der Waals surface area (Å²) < 4.78 is 1.88. The molecule has 0 saturated heterocycles. The number of aliphatic hydroxyl groups excluding tert-OH is 1. The first-order chi connectivity index (χ1) is 8.79. The molecular weight excluding hydrogens is 226 g/mol. The van der Waals surface area contributed by atoms with Crippen LogP contribution < -0.4 is 0 Å². The number of aromatic nitrogens is 3. The zero-order valence-corrected chi connectivity index (χ0v) is 10.5. The summed E-state index contributed by atoms with van der Waals surface area (Å²) in [6.45, 7) is 2.04. The Balaban J connectivity index is 2.05. The van der Waals surface area contributed by atoms with Gasteiger partial charge in [-0.15, -0.1) is 5.10 Å². The Morgan fingerprint density at radius 2 is 2.00 bits per heavy atom. The summed E-state index contributed by atoms with van der Waals surface area (Å²) in [5, 5.41) is 17.7. The Morgan fingerprint density at radius 1 is 1.28 bits per heavy atom. The number of aliphatic hydroxyl groups is 1. The molecule has 4 heteroatoms. The summed E-state index contributed by atoms with van der Waals surface area (Å²) in [6.07, 6.45) is 3.60. The predicted molar refractivity (Wildman–Crippen MR) is 68.6 cm³/mol. The summed E-state index contributed by atoms with van der Waals surface area (Å²) in [5.74, 6) is 0.503. The highest BCUT2D eigenvalue weighted by atomic mass is 16.3. The highest BCUT2D eigenvalue weighted by Crippen LogP contribution is 2.38. The van der Waals surface area contributed by atoms with Crippen LogP contribution in [0.4, 0.5) is 0 Å². The third kappa shape index (κ3) is 1.82. The Labute approximate surface area is 106 Å². The van der Waals surface area contributed by atoms with Gasteiger partial charge in [-0.1, -0.05) is 29.3 Å². The molecule has 2 aromatic rings. The van der Waals surface area contributed by atoms with Crippen LogP contribution >= 0.6 is 0 Å². The first-order valence-corrected chi connectivity index (χ1v) is 6.42. The highest BCUT2D eigenvalue weighted by Gasteiger charge is 2.27. The molecule has 18 heavy (non-hydrogen) atoms. The molecule has 3 rings (SSSR count). The smallest absolute Gasteiger partial charge is 0.112 e. The van der Waals surface area contributed by atoms with Gasteiger partial charge in [-0.2, -0.15) is 0 Å². The van der Waals surface area contributed by atoms with Gasteiger partial charge in [0.15, 0.2) is 0 Å². The zero-order chi connectivity index (χ0) is 12.5. The quantitative estimate of drug-likeness (QED) is 0.900. The lowest BCUT2D eigenvalue weighted by Gasteiger charge is -2.26. The van der Waals surface area contributed by atoms with Crippen molar-refractivity contribution in [3.05, 3.63) is 41.2 Å². The predicted octanol–water partition coefficient (Wildman–Crippen LogP) is 2.34. The maximum Gasteiger partial charge on any atom is 0.112 e. The van der Waals surface area contributed by atoms with Crippen LogP contribution in [0.15, 0.2) is 24.3 Å². The van der Waals surface area contributed by atoms with Gasteiger partial charge in [0.1, 0.15) is 5.69 Å². The van der Waals surface area contributed by atoms with E-state index >= 15 is 0 Å². The molecule has 0 spiro atoms. The number of hydrogen-bond donors (Lipinski definition) is 1. The number of aryl methyl sites for hydroxylation is 1. The van der Waals surface area contributed by atoms with Crippen molar-refractivity contribution in [1.29, 1.82) is 0 Å². The second-order valence-corrected chi connectivity index (χ2v) is 4.95. The van der Waals surface area contributed by atoms with Gasteiger partial charge in [-0.05, 0) is 31.9 Å². The van der Waals surface area contributed by atoms with Gasteiger partial charge < -0.3 is 5.11 Å². The molecule has 1 saturated carbocycles. The molecule has 1 aliphatic carbocycles. The molecule has 0 amide bonds. The fourth-order valence-electron chi connectivity index (χ4n) is 2.40. The van der Waals surface area contributed by atoms with Gasteiger partial charge in [-0.25, -0.2) is 4.68 Å². The molecule has 4 nitrogen and oxygen atoms in total. The van der Waals surface area contributed by atoms with E-state index in [9.17, 15) is 5.11 Å². The van der Waals surface area contributed by atoms with Gasteiger partial charge in [0, 0.05) is 5.92 Å². The second kappa shape index (κ2) is 4.53.